The first kappa shape index (κ1) is 15.3. The molecular formula is C16H23N3O3. The molecule has 0 amide bonds. The lowest BCUT2D eigenvalue weighted by atomic mass is 9.91. The molecule has 120 valence electrons. The van der Waals surface area contributed by atoms with Gasteiger partial charge in [0.05, 0.1) is 25.2 Å². The van der Waals surface area contributed by atoms with Gasteiger partial charge in [-0.15, -0.1) is 0 Å². The van der Waals surface area contributed by atoms with E-state index in [1.807, 2.05) is 24.5 Å². The number of hydrogen-bond acceptors (Lipinski definition) is 5. The Morgan fingerprint density at radius 2 is 2.32 bits per heavy atom. The highest BCUT2D eigenvalue weighted by atomic mass is 16.5. The van der Waals surface area contributed by atoms with E-state index in [4.69, 9.17) is 9.15 Å². The third kappa shape index (κ3) is 4.19. The Kier molecular flexibility index (Phi) is 5.26. The summed E-state index contributed by atoms with van der Waals surface area (Å²) in [4.78, 5) is 2.30. The molecule has 2 aromatic heterocycles. The molecule has 0 bridgehead atoms. The highest BCUT2D eigenvalue weighted by Gasteiger charge is 2.22. The van der Waals surface area contributed by atoms with Gasteiger partial charge in [-0.25, -0.2) is 0 Å². The van der Waals surface area contributed by atoms with Gasteiger partial charge in [0.15, 0.2) is 0 Å². The number of rotatable bonds is 7. The molecule has 2 aromatic rings. The summed E-state index contributed by atoms with van der Waals surface area (Å²) in [5.41, 5.74) is 1.29. The van der Waals surface area contributed by atoms with Crippen molar-refractivity contribution in [1.82, 2.24) is 15.1 Å². The van der Waals surface area contributed by atoms with E-state index < -0.39 is 6.10 Å². The van der Waals surface area contributed by atoms with Gasteiger partial charge in [0.1, 0.15) is 12.4 Å². The van der Waals surface area contributed by atoms with Gasteiger partial charge in [0.25, 0.3) is 0 Å². The Hall–Kier alpha value is -1.63. The van der Waals surface area contributed by atoms with Crippen LogP contribution in [-0.4, -0.2) is 52.5 Å². The minimum Gasteiger partial charge on any atom is -0.467 e. The van der Waals surface area contributed by atoms with Crippen LogP contribution in [0.3, 0.4) is 0 Å². The van der Waals surface area contributed by atoms with Crippen molar-refractivity contribution in [3.8, 4) is 0 Å². The molecule has 1 unspecified atom stereocenters. The second kappa shape index (κ2) is 7.58. The molecule has 0 aromatic carbocycles. The number of piperidine rings is 1. The molecule has 1 aliphatic rings. The molecule has 3 heterocycles. The van der Waals surface area contributed by atoms with Crippen LogP contribution >= 0.6 is 0 Å². The standard InChI is InChI=1S/C16H23N3O3/c20-15(11-21-12-16-2-1-7-22-16)10-19-5-3-13(4-6-19)14-8-17-18-9-14/h1-2,7-9,13,15,20H,3-6,10-12H2,(H,17,18). The van der Waals surface area contributed by atoms with Crippen molar-refractivity contribution in [3.63, 3.8) is 0 Å². The number of ether oxygens (including phenoxy) is 1. The minimum absolute atomic E-state index is 0.336. The maximum Gasteiger partial charge on any atom is 0.129 e. The zero-order valence-corrected chi connectivity index (χ0v) is 12.6. The predicted octanol–water partition coefficient (Wildman–Crippen LogP) is 1.76. The van der Waals surface area contributed by atoms with Crippen LogP contribution in [0.4, 0.5) is 0 Å². The molecule has 1 aliphatic heterocycles. The smallest absolute Gasteiger partial charge is 0.129 e. The summed E-state index contributed by atoms with van der Waals surface area (Å²) < 4.78 is 10.7. The fourth-order valence-corrected chi connectivity index (χ4v) is 2.97. The Labute approximate surface area is 130 Å². The molecule has 0 saturated carbocycles. The fraction of sp³-hybridized carbons (Fsp3) is 0.562. The molecule has 2 N–H and O–H groups in total. The summed E-state index contributed by atoms with van der Waals surface area (Å²) in [6.45, 7) is 3.42. The van der Waals surface area contributed by atoms with E-state index in [9.17, 15) is 5.11 Å². The lowest BCUT2D eigenvalue weighted by Crippen LogP contribution is -2.39. The van der Waals surface area contributed by atoms with Crippen LogP contribution in [0.5, 0.6) is 0 Å². The predicted molar refractivity (Wildman–Crippen MR) is 81.4 cm³/mol. The molecule has 0 aliphatic carbocycles. The van der Waals surface area contributed by atoms with Crippen LogP contribution in [0.15, 0.2) is 35.2 Å². The van der Waals surface area contributed by atoms with Crippen LogP contribution < -0.4 is 0 Å². The summed E-state index contributed by atoms with van der Waals surface area (Å²) in [6, 6.07) is 3.70. The van der Waals surface area contributed by atoms with Gasteiger partial charge in [0, 0.05) is 12.7 Å². The van der Waals surface area contributed by atoms with Gasteiger partial charge in [-0.3, -0.25) is 5.10 Å². The number of aliphatic hydroxyl groups is 1. The average molecular weight is 305 g/mol. The number of aromatic amines is 1. The van der Waals surface area contributed by atoms with Gasteiger partial charge in [-0.2, -0.15) is 5.10 Å². The SMILES string of the molecule is OC(COCc1ccco1)CN1CCC(c2cn[nH]c2)CC1. The molecule has 0 radical (unpaired) electrons. The Morgan fingerprint density at radius 1 is 1.45 bits per heavy atom. The van der Waals surface area contributed by atoms with Crippen molar-refractivity contribution in [2.75, 3.05) is 26.2 Å². The van der Waals surface area contributed by atoms with Gasteiger partial charge < -0.3 is 19.2 Å². The highest BCUT2D eigenvalue weighted by molar-refractivity contribution is 5.11. The van der Waals surface area contributed by atoms with E-state index in [0.717, 1.165) is 31.7 Å². The first-order valence-corrected chi connectivity index (χ1v) is 7.80. The molecule has 1 fully saturated rings. The zero-order valence-electron chi connectivity index (χ0n) is 12.6. The molecule has 1 saturated heterocycles. The van der Waals surface area contributed by atoms with Crippen molar-refractivity contribution in [2.24, 2.45) is 0 Å². The van der Waals surface area contributed by atoms with E-state index in [1.165, 1.54) is 5.56 Å². The fourth-order valence-electron chi connectivity index (χ4n) is 2.97. The number of aliphatic hydroxyl groups excluding tert-OH is 1. The monoisotopic (exact) mass is 305 g/mol. The third-order valence-electron chi connectivity index (χ3n) is 4.18. The number of furan rings is 1. The molecule has 6 heteroatoms. The van der Waals surface area contributed by atoms with Crippen molar-refractivity contribution in [1.29, 1.82) is 0 Å². The second-order valence-electron chi connectivity index (χ2n) is 5.85. The van der Waals surface area contributed by atoms with Crippen LogP contribution in [0.1, 0.15) is 30.1 Å². The first-order chi connectivity index (χ1) is 10.8. The number of nitrogens with zero attached hydrogens (tertiary/aromatic N) is 2. The lowest BCUT2D eigenvalue weighted by Gasteiger charge is -2.32. The van der Waals surface area contributed by atoms with Crippen LogP contribution in [0, 0.1) is 0 Å². The number of hydrogen-bond donors (Lipinski definition) is 2. The molecule has 6 nitrogen and oxygen atoms in total. The summed E-state index contributed by atoms with van der Waals surface area (Å²) in [7, 11) is 0. The van der Waals surface area contributed by atoms with Crippen molar-refractivity contribution in [2.45, 2.75) is 31.5 Å². The van der Waals surface area contributed by atoms with Crippen LogP contribution in [-0.2, 0) is 11.3 Å². The van der Waals surface area contributed by atoms with E-state index in [2.05, 4.69) is 15.1 Å². The zero-order chi connectivity index (χ0) is 15.2. The highest BCUT2D eigenvalue weighted by Crippen LogP contribution is 2.27. The summed E-state index contributed by atoms with van der Waals surface area (Å²) >= 11 is 0. The lowest BCUT2D eigenvalue weighted by molar-refractivity contribution is 0.00174. The van der Waals surface area contributed by atoms with Gasteiger partial charge in [-0.05, 0) is 49.5 Å². The van der Waals surface area contributed by atoms with E-state index in [1.54, 1.807) is 6.26 Å². The van der Waals surface area contributed by atoms with E-state index >= 15 is 0 Å². The van der Waals surface area contributed by atoms with Gasteiger partial charge in [0.2, 0.25) is 0 Å². The molecule has 3 rings (SSSR count). The third-order valence-corrected chi connectivity index (χ3v) is 4.18. The number of nitrogens with one attached hydrogen (secondary N) is 1. The van der Waals surface area contributed by atoms with Gasteiger partial charge in [-0.1, -0.05) is 0 Å². The van der Waals surface area contributed by atoms with Crippen molar-refractivity contribution < 1.29 is 14.3 Å². The topological polar surface area (TPSA) is 74.5 Å². The molecular weight excluding hydrogens is 282 g/mol. The summed E-state index contributed by atoms with van der Waals surface area (Å²) in [6.07, 6.45) is 7.29. The van der Waals surface area contributed by atoms with Crippen molar-refractivity contribution in [3.05, 3.63) is 42.1 Å². The number of aromatic nitrogens is 2. The average Bonchev–Trinajstić information content (AvgIpc) is 3.21. The normalized spacial score (nSPS) is 18.6. The minimum atomic E-state index is -0.458. The van der Waals surface area contributed by atoms with Gasteiger partial charge >= 0.3 is 0 Å². The maximum atomic E-state index is 10.1. The second-order valence-corrected chi connectivity index (χ2v) is 5.85. The Morgan fingerprint density at radius 3 is 3.00 bits per heavy atom. The Balaban J connectivity index is 1.33. The van der Waals surface area contributed by atoms with E-state index in [-0.39, 0.29) is 0 Å². The maximum absolute atomic E-state index is 10.1. The largest absolute Gasteiger partial charge is 0.467 e. The number of H-pyrrole nitrogens is 1. The summed E-state index contributed by atoms with van der Waals surface area (Å²) in [5, 5.41) is 17.0. The number of likely N-dealkylation sites (tertiary alicyclic amines) is 1. The van der Waals surface area contributed by atoms with E-state index in [0.29, 0.717) is 25.7 Å². The Bertz CT molecular complexity index is 519. The quantitative estimate of drug-likeness (QED) is 0.815. The molecule has 22 heavy (non-hydrogen) atoms. The van der Waals surface area contributed by atoms with Crippen LogP contribution in [0.25, 0.3) is 0 Å². The molecule has 0 spiro atoms. The molecule has 1 atom stereocenters. The van der Waals surface area contributed by atoms with Crippen molar-refractivity contribution >= 4 is 0 Å². The van der Waals surface area contributed by atoms with Crippen LogP contribution in [0.2, 0.25) is 0 Å². The first-order valence-electron chi connectivity index (χ1n) is 7.80. The summed E-state index contributed by atoms with van der Waals surface area (Å²) in [5.74, 6) is 1.37. The number of β-amino-alcohol motifs (C(OH)–C–C–N with tert-alkyl or cyclic N) is 1.